The third kappa shape index (κ3) is 3.42. The number of hydrogen-bond donors (Lipinski definition) is 4. The summed E-state index contributed by atoms with van der Waals surface area (Å²) < 4.78 is 8.67. The van der Waals surface area contributed by atoms with Crippen LogP contribution >= 0.6 is 17.0 Å². The number of nitrogens with one attached hydrogen (secondary N) is 1. The molecule has 27 heavy (non-hydrogen) atoms. The minimum atomic E-state index is -1.22. The smallest absolute Gasteiger partial charge is 0.167 e. The van der Waals surface area contributed by atoms with E-state index in [1.807, 2.05) is 30.3 Å². The van der Waals surface area contributed by atoms with E-state index >= 15 is 0 Å². The molecule has 144 valence electrons. The Morgan fingerprint density at radius 3 is 2.48 bits per heavy atom. The number of rotatable bonds is 4. The monoisotopic (exact) mass is 437 g/mol. The maximum Gasteiger partial charge on any atom is 0.167 e. The van der Waals surface area contributed by atoms with Crippen LogP contribution in [0.2, 0.25) is 0 Å². The van der Waals surface area contributed by atoms with Gasteiger partial charge in [0, 0.05) is 0 Å². The van der Waals surface area contributed by atoms with E-state index in [1.54, 1.807) is 4.57 Å². The quantitative estimate of drug-likeness (QED) is 0.452. The van der Waals surface area contributed by atoms with Gasteiger partial charge in [-0.1, -0.05) is 30.3 Å². The number of benzene rings is 1. The average molecular weight is 438 g/mol. The van der Waals surface area contributed by atoms with E-state index < -0.39 is 31.1 Å². The number of fused-ring (bicyclic) bond motifs is 1. The third-order valence-electron chi connectivity index (χ3n) is 4.59. The molecule has 0 saturated carbocycles. The molecule has 4 rings (SSSR count). The lowest BCUT2D eigenvalue weighted by atomic mass is 10.1. The lowest BCUT2D eigenvalue weighted by Crippen LogP contribution is -2.33. The maximum atomic E-state index is 10.2. The molecule has 0 unspecified atom stereocenters. The molecule has 2 aromatic heterocycles. The Labute approximate surface area is 164 Å². The van der Waals surface area contributed by atoms with Gasteiger partial charge in [0.15, 0.2) is 17.4 Å². The lowest BCUT2D eigenvalue weighted by molar-refractivity contribution is -0.0511. The van der Waals surface area contributed by atoms with Gasteiger partial charge >= 0.3 is 0 Å². The molecule has 1 fully saturated rings. The highest BCUT2D eigenvalue weighted by atomic mass is 79.9. The molecule has 3 heterocycles. The van der Waals surface area contributed by atoms with Crippen molar-refractivity contribution in [3.63, 3.8) is 0 Å². The topological polar surface area (TPSA) is 129 Å². The number of nitrogens with zero attached hydrogens (tertiary/aromatic N) is 4. The van der Waals surface area contributed by atoms with Gasteiger partial charge in [-0.15, -0.1) is 17.0 Å². The van der Waals surface area contributed by atoms with E-state index in [9.17, 15) is 15.3 Å². The number of ether oxygens (including phenoxy) is 1. The zero-order valence-corrected chi connectivity index (χ0v) is 15.9. The van der Waals surface area contributed by atoms with Crippen LogP contribution in [0.15, 0.2) is 43.0 Å². The largest absolute Gasteiger partial charge is 0.394 e. The zero-order valence-electron chi connectivity index (χ0n) is 14.2. The summed E-state index contributed by atoms with van der Waals surface area (Å²) in [5, 5.41) is 37.8. The van der Waals surface area contributed by atoms with E-state index in [4.69, 9.17) is 10.1 Å². The predicted molar refractivity (Wildman–Crippen MR) is 100 cm³/mol. The molecule has 9 nitrogen and oxygen atoms in total. The molecule has 1 saturated heterocycles. The molecule has 0 aliphatic carbocycles. The van der Waals surface area contributed by atoms with E-state index in [0.717, 1.165) is 5.56 Å². The molecule has 1 aliphatic heterocycles. The van der Waals surface area contributed by atoms with Gasteiger partial charge in [0.25, 0.3) is 0 Å². The van der Waals surface area contributed by atoms with Crippen LogP contribution < -0.4 is 5.49 Å². The Bertz CT molecular complexity index is 976. The van der Waals surface area contributed by atoms with Gasteiger partial charge in [0.1, 0.15) is 23.8 Å². The van der Waals surface area contributed by atoms with Gasteiger partial charge < -0.3 is 24.6 Å². The van der Waals surface area contributed by atoms with Gasteiger partial charge in [0.05, 0.1) is 25.8 Å². The molecule has 1 aromatic carbocycles. The molecule has 4 atom stereocenters. The van der Waals surface area contributed by atoms with Crippen molar-refractivity contribution in [3.8, 4) is 0 Å². The first-order valence-corrected chi connectivity index (χ1v) is 8.23. The fourth-order valence-electron chi connectivity index (χ4n) is 3.16. The summed E-state index contributed by atoms with van der Waals surface area (Å²) in [7, 11) is 0. The molecular weight excluding hydrogens is 418 g/mol. The molecule has 4 N–H and O–H groups in total. The molecule has 0 bridgehead atoms. The number of hydrogen-bond acceptors (Lipinski definition) is 7. The highest BCUT2D eigenvalue weighted by Gasteiger charge is 2.43. The number of aliphatic hydroxyl groups excluding tert-OH is 3. The molecular formula is C17H20BrN5O4. The summed E-state index contributed by atoms with van der Waals surface area (Å²) in [6, 6.07) is 9.73. The van der Waals surface area contributed by atoms with Gasteiger partial charge in [-0.3, -0.25) is 9.98 Å². The average Bonchev–Trinajstić information content (AvgIpc) is 3.20. The lowest BCUT2D eigenvalue weighted by Gasteiger charge is -2.16. The minimum Gasteiger partial charge on any atom is -0.394 e. The van der Waals surface area contributed by atoms with Crippen LogP contribution in [0, 0.1) is 5.41 Å². The van der Waals surface area contributed by atoms with E-state index in [2.05, 4.69) is 9.97 Å². The highest BCUT2D eigenvalue weighted by Crippen LogP contribution is 2.30. The van der Waals surface area contributed by atoms with Crippen LogP contribution in [-0.4, -0.2) is 59.3 Å². The normalized spacial score (nSPS) is 24.9. The van der Waals surface area contributed by atoms with E-state index in [1.165, 1.54) is 17.2 Å². The SMILES string of the molecule is Br.N=c1c2ncn([C@@H]3O[C@H](CO)[C@@H](O)[C@H]3O)c2ncn1Cc1ccccc1. The van der Waals surface area contributed by atoms with Gasteiger partial charge in [-0.05, 0) is 5.56 Å². The Kier molecular flexibility index (Phi) is 5.72. The molecule has 3 aromatic rings. The number of halogens is 1. The van der Waals surface area contributed by atoms with Crippen molar-refractivity contribution in [1.29, 1.82) is 5.41 Å². The van der Waals surface area contributed by atoms with Crippen LogP contribution in [0.25, 0.3) is 11.2 Å². The van der Waals surface area contributed by atoms with Crippen molar-refractivity contribution in [2.75, 3.05) is 6.61 Å². The Balaban J connectivity index is 0.00000210. The summed E-state index contributed by atoms with van der Waals surface area (Å²) >= 11 is 0. The van der Waals surface area contributed by atoms with Crippen molar-refractivity contribution in [3.05, 3.63) is 54.0 Å². The Hall–Kier alpha value is -2.11. The second-order valence-corrected chi connectivity index (χ2v) is 6.26. The maximum absolute atomic E-state index is 10.2. The second-order valence-electron chi connectivity index (χ2n) is 6.26. The van der Waals surface area contributed by atoms with Crippen LogP contribution in [0.4, 0.5) is 0 Å². The third-order valence-corrected chi connectivity index (χ3v) is 4.59. The van der Waals surface area contributed by atoms with Gasteiger partial charge in [0.2, 0.25) is 0 Å². The molecule has 0 spiro atoms. The van der Waals surface area contributed by atoms with Crippen LogP contribution in [-0.2, 0) is 11.3 Å². The molecule has 10 heteroatoms. The number of aromatic nitrogens is 4. The summed E-state index contributed by atoms with van der Waals surface area (Å²) in [5.74, 6) is 0. The Morgan fingerprint density at radius 1 is 1.07 bits per heavy atom. The first-order chi connectivity index (χ1) is 12.6. The van der Waals surface area contributed by atoms with Gasteiger partial charge in [-0.2, -0.15) is 0 Å². The zero-order chi connectivity index (χ0) is 18.3. The summed E-state index contributed by atoms with van der Waals surface area (Å²) in [6.07, 6.45) is -1.28. The molecule has 0 radical (unpaired) electrons. The van der Waals surface area contributed by atoms with Crippen molar-refractivity contribution in [1.82, 2.24) is 19.1 Å². The number of imidazole rings is 1. The molecule has 0 amide bonds. The minimum absolute atomic E-state index is 0. The van der Waals surface area contributed by atoms with E-state index in [-0.39, 0.29) is 22.5 Å². The Morgan fingerprint density at radius 2 is 1.81 bits per heavy atom. The molecule has 1 aliphatic rings. The fraction of sp³-hybridized carbons (Fsp3) is 0.353. The van der Waals surface area contributed by atoms with Gasteiger partial charge in [-0.25, -0.2) is 9.97 Å². The predicted octanol–water partition coefficient (Wildman–Crippen LogP) is -0.0500. The second kappa shape index (κ2) is 7.87. The van der Waals surface area contributed by atoms with Crippen LogP contribution in [0.3, 0.4) is 0 Å². The van der Waals surface area contributed by atoms with E-state index in [0.29, 0.717) is 17.7 Å². The van der Waals surface area contributed by atoms with Crippen LogP contribution in [0.1, 0.15) is 11.8 Å². The number of aliphatic hydroxyl groups is 3. The summed E-state index contributed by atoms with van der Waals surface area (Å²) in [4.78, 5) is 8.59. The summed E-state index contributed by atoms with van der Waals surface area (Å²) in [6.45, 7) is 0.0822. The first kappa shape index (κ1) is 19.6. The standard InChI is InChI=1S/C17H19N5O4.BrH/c18-15-12-16(20-8-21(15)6-10-4-2-1-3-5-10)22(9-19-12)17-14(25)13(24)11(7-23)26-17;/h1-5,8-9,11,13-14,17-18,23-25H,6-7H2;1H/t11-,13-,14-,17-;/m1./s1. The van der Waals surface area contributed by atoms with Crippen molar-refractivity contribution >= 4 is 28.1 Å². The van der Waals surface area contributed by atoms with Crippen molar-refractivity contribution in [2.24, 2.45) is 0 Å². The fourth-order valence-corrected chi connectivity index (χ4v) is 3.16. The van der Waals surface area contributed by atoms with Crippen LogP contribution in [0.5, 0.6) is 0 Å². The highest BCUT2D eigenvalue weighted by molar-refractivity contribution is 8.93. The van der Waals surface area contributed by atoms with Crippen molar-refractivity contribution in [2.45, 2.75) is 31.1 Å². The first-order valence-electron chi connectivity index (χ1n) is 8.23. The summed E-state index contributed by atoms with van der Waals surface area (Å²) in [5.41, 5.74) is 1.95. The van der Waals surface area contributed by atoms with Crippen molar-refractivity contribution < 1.29 is 20.1 Å².